The maximum Gasteiger partial charge on any atom is 0.222 e. The molecule has 1 unspecified atom stereocenters. The first-order valence-electron chi connectivity index (χ1n) is 8.89. The zero-order chi connectivity index (χ0) is 17.5. The average molecular weight is 340 g/mol. The molecule has 0 bridgehead atoms. The maximum atomic E-state index is 12.5. The number of carbonyl (C=O) groups excluding carboxylic acids is 2. The molecule has 5 nitrogen and oxygen atoms in total. The second-order valence-corrected chi connectivity index (χ2v) is 6.37. The van der Waals surface area contributed by atoms with E-state index in [2.05, 4.69) is 5.32 Å². The Balaban J connectivity index is 1.62. The van der Waals surface area contributed by atoms with Crippen molar-refractivity contribution in [3.63, 3.8) is 0 Å². The van der Waals surface area contributed by atoms with Crippen molar-refractivity contribution in [3.05, 3.63) is 60.1 Å². The van der Waals surface area contributed by atoms with E-state index in [1.165, 1.54) is 0 Å². The van der Waals surface area contributed by atoms with Gasteiger partial charge in [0.1, 0.15) is 11.8 Å². The molecule has 0 aliphatic carbocycles. The number of nitrogens with one attached hydrogen (secondary N) is 1. The van der Waals surface area contributed by atoms with Crippen molar-refractivity contribution in [2.24, 2.45) is 0 Å². The monoisotopic (exact) mass is 340 g/mol. The van der Waals surface area contributed by atoms with E-state index in [9.17, 15) is 9.59 Å². The Bertz CT molecular complexity index is 682. The molecular weight excluding hydrogens is 316 g/mol. The third-order valence-electron chi connectivity index (χ3n) is 4.55. The highest BCUT2D eigenvalue weighted by molar-refractivity contribution is 5.79. The van der Waals surface area contributed by atoms with E-state index < -0.39 is 0 Å². The number of amides is 2. The number of hydrogen-bond acceptors (Lipinski definition) is 3. The lowest BCUT2D eigenvalue weighted by Gasteiger charge is -2.21. The third-order valence-corrected chi connectivity index (χ3v) is 4.55. The summed E-state index contributed by atoms with van der Waals surface area (Å²) >= 11 is 0. The Kier molecular flexibility index (Phi) is 5.88. The third kappa shape index (κ3) is 4.72. The van der Waals surface area contributed by atoms with Crippen molar-refractivity contribution in [2.45, 2.75) is 38.1 Å². The molecule has 1 aromatic carbocycles. The Hall–Kier alpha value is -2.56. The minimum absolute atomic E-state index is 0.0812. The molecule has 2 heterocycles. The van der Waals surface area contributed by atoms with Crippen LogP contribution in [0.2, 0.25) is 0 Å². The van der Waals surface area contributed by atoms with Crippen LogP contribution in [0.5, 0.6) is 0 Å². The van der Waals surface area contributed by atoms with E-state index in [1.807, 2.05) is 47.4 Å². The second kappa shape index (κ2) is 8.51. The molecular formula is C20H24N2O3. The summed E-state index contributed by atoms with van der Waals surface area (Å²) in [7, 11) is 0. The van der Waals surface area contributed by atoms with Gasteiger partial charge in [-0.3, -0.25) is 9.59 Å². The van der Waals surface area contributed by atoms with Crippen LogP contribution in [-0.2, 0) is 9.59 Å². The summed E-state index contributed by atoms with van der Waals surface area (Å²) in [6.45, 7) is 1.23. The fourth-order valence-corrected chi connectivity index (χ4v) is 3.16. The van der Waals surface area contributed by atoms with Gasteiger partial charge in [0.15, 0.2) is 0 Å². The van der Waals surface area contributed by atoms with Gasteiger partial charge in [0.05, 0.1) is 6.26 Å². The zero-order valence-electron chi connectivity index (χ0n) is 14.3. The maximum absolute atomic E-state index is 12.5. The van der Waals surface area contributed by atoms with E-state index in [-0.39, 0.29) is 17.9 Å². The number of benzene rings is 1. The summed E-state index contributed by atoms with van der Waals surface area (Å²) < 4.78 is 5.50. The minimum atomic E-state index is -0.316. The van der Waals surface area contributed by atoms with E-state index in [4.69, 9.17) is 4.42 Å². The molecule has 1 saturated heterocycles. The van der Waals surface area contributed by atoms with Gasteiger partial charge in [0.2, 0.25) is 11.8 Å². The van der Waals surface area contributed by atoms with Crippen molar-refractivity contribution in [2.75, 3.05) is 13.1 Å². The molecule has 0 spiro atoms. The summed E-state index contributed by atoms with van der Waals surface area (Å²) in [5.74, 6) is 0.781. The van der Waals surface area contributed by atoms with Gasteiger partial charge in [-0.2, -0.15) is 0 Å². The Morgan fingerprint density at radius 2 is 1.96 bits per heavy atom. The highest BCUT2D eigenvalue weighted by atomic mass is 16.3. The summed E-state index contributed by atoms with van der Waals surface area (Å²) in [5, 5.41) is 3.04. The molecule has 5 heteroatoms. The van der Waals surface area contributed by atoms with E-state index >= 15 is 0 Å². The Morgan fingerprint density at radius 3 is 2.72 bits per heavy atom. The molecule has 0 saturated carbocycles. The number of carbonyl (C=O) groups is 2. The lowest BCUT2D eigenvalue weighted by atomic mass is 10.0. The van der Waals surface area contributed by atoms with Gasteiger partial charge in [-0.1, -0.05) is 36.8 Å². The normalized spacial score (nSPS) is 16.3. The molecule has 1 fully saturated rings. The molecule has 2 aromatic rings. The van der Waals surface area contributed by atoms with Gasteiger partial charge in [-0.05, 0) is 30.5 Å². The predicted octanol–water partition coefficient (Wildman–Crippen LogP) is 3.28. The smallest absolute Gasteiger partial charge is 0.222 e. The highest BCUT2D eigenvalue weighted by Crippen LogP contribution is 2.22. The molecule has 1 aliphatic heterocycles. The molecule has 132 valence electrons. The van der Waals surface area contributed by atoms with Gasteiger partial charge < -0.3 is 14.6 Å². The summed E-state index contributed by atoms with van der Waals surface area (Å²) in [5.41, 5.74) is 0.969. The van der Waals surface area contributed by atoms with Gasteiger partial charge in [0, 0.05) is 25.9 Å². The topological polar surface area (TPSA) is 62.6 Å². The zero-order valence-corrected chi connectivity index (χ0v) is 14.3. The van der Waals surface area contributed by atoms with E-state index in [1.54, 1.807) is 6.26 Å². The first kappa shape index (κ1) is 17.3. The molecule has 1 N–H and O–H groups in total. The molecule has 0 radical (unpaired) electrons. The van der Waals surface area contributed by atoms with Crippen LogP contribution in [0.1, 0.15) is 49.5 Å². The number of likely N-dealkylation sites (tertiary alicyclic amines) is 1. The van der Waals surface area contributed by atoms with Gasteiger partial charge >= 0.3 is 0 Å². The first-order valence-corrected chi connectivity index (χ1v) is 8.89. The fraction of sp³-hybridized carbons (Fsp3) is 0.400. The van der Waals surface area contributed by atoms with Crippen LogP contribution in [0.15, 0.2) is 53.1 Å². The van der Waals surface area contributed by atoms with Crippen LogP contribution in [0.25, 0.3) is 0 Å². The van der Waals surface area contributed by atoms with Crippen LogP contribution >= 0.6 is 0 Å². The second-order valence-electron chi connectivity index (χ2n) is 6.37. The largest absolute Gasteiger partial charge is 0.467 e. The number of hydrogen-bond donors (Lipinski definition) is 1. The molecule has 1 aliphatic rings. The molecule has 1 atom stereocenters. The first-order chi connectivity index (χ1) is 12.2. The fourth-order valence-electron chi connectivity index (χ4n) is 3.16. The molecule has 25 heavy (non-hydrogen) atoms. The van der Waals surface area contributed by atoms with E-state index in [0.717, 1.165) is 31.4 Å². The van der Waals surface area contributed by atoms with Crippen molar-refractivity contribution in [3.8, 4) is 0 Å². The van der Waals surface area contributed by atoms with Gasteiger partial charge in [0.25, 0.3) is 0 Å². The molecule has 2 amide bonds. The van der Waals surface area contributed by atoms with Crippen LogP contribution < -0.4 is 5.32 Å². The van der Waals surface area contributed by atoms with Crippen molar-refractivity contribution in [1.29, 1.82) is 0 Å². The minimum Gasteiger partial charge on any atom is -0.467 e. The van der Waals surface area contributed by atoms with Crippen molar-refractivity contribution < 1.29 is 14.0 Å². The molecule has 1 aromatic heterocycles. The van der Waals surface area contributed by atoms with Gasteiger partial charge in [-0.15, -0.1) is 0 Å². The lowest BCUT2D eigenvalue weighted by molar-refractivity contribution is -0.131. The van der Waals surface area contributed by atoms with Crippen LogP contribution in [-0.4, -0.2) is 29.8 Å². The molecule has 3 rings (SSSR count). The predicted molar refractivity (Wildman–Crippen MR) is 94.8 cm³/mol. The van der Waals surface area contributed by atoms with Crippen LogP contribution in [0.3, 0.4) is 0 Å². The standard InChI is InChI=1S/C20H24N2O3/c23-18(12-14-22-13-6-2-5-11-19(22)24)21-20(17-10-7-15-25-17)16-8-3-1-4-9-16/h1,3-4,7-10,15,20H,2,5-6,11-14H2,(H,21,23). The van der Waals surface area contributed by atoms with E-state index in [0.29, 0.717) is 25.1 Å². The van der Waals surface area contributed by atoms with Crippen LogP contribution in [0.4, 0.5) is 0 Å². The lowest BCUT2D eigenvalue weighted by Crippen LogP contribution is -2.36. The number of furan rings is 1. The number of rotatable bonds is 6. The van der Waals surface area contributed by atoms with Crippen molar-refractivity contribution >= 4 is 11.8 Å². The quantitative estimate of drug-likeness (QED) is 0.878. The SMILES string of the molecule is O=C(CCN1CCCCCC1=O)NC(c1ccccc1)c1ccco1. The Morgan fingerprint density at radius 1 is 1.12 bits per heavy atom. The van der Waals surface area contributed by atoms with Gasteiger partial charge in [-0.25, -0.2) is 0 Å². The summed E-state index contributed by atoms with van der Waals surface area (Å²) in [4.78, 5) is 26.3. The summed E-state index contributed by atoms with van der Waals surface area (Å²) in [6.07, 6.45) is 5.56. The highest BCUT2D eigenvalue weighted by Gasteiger charge is 2.21. The Labute approximate surface area is 148 Å². The average Bonchev–Trinajstić information content (AvgIpc) is 3.09. The summed E-state index contributed by atoms with van der Waals surface area (Å²) in [6, 6.07) is 13.1. The van der Waals surface area contributed by atoms with Crippen molar-refractivity contribution in [1.82, 2.24) is 10.2 Å². The van der Waals surface area contributed by atoms with Crippen LogP contribution in [0, 0.1) is 0 Å². The number of nitrogens with zero attached hydrogens (tertiary/aromatic N) is 1.